The molecule has 0 aromatic heterocycles. The normalized spacial score (nSPS) is 10.1. The quantitative estimate of drug-likeness (QED) is 0.780. The van der Waals surface area contributed by atoms with E-state index in [0.29, 0.717) is 23.9 Å². The molecule has 2 rings (SSSR count). The number of nitrogens with one attached hydrogen (secondary N) is 3. The highest BCUT2D eigenvalue weighted by molar-refractivity contribution is 6.06. The molecule has 0 bridgehead atoms. The molecule has 0 aliphatic carbocycles. The van der Waals surface area contributed by atoms with Crippen molar-refractivity contribution in [1.82, 2.24) is 5.32 Å². The molecule has 7 heteroatoms. The van der Waals surface area contributed by atoms with Crippen molar-refractivity contribution in [2.75, 3.05) is 17.2 Å². The Kier molecular flexibility index (Phi) is 5.83. The van der Waals surface area contributed by atoms with E-state index in [1.54, 1.807) is 24.3 Å². The lowest BCUT2D eigenvalue weighted by Gasteiger charge is -2.12. The van der Waals surface area contributed by atoms with E-state index in [0.717, 1.165) is 18.6 Å². The first-order valence-electron chi connectivity index (χ1n) is 7.41. The number of carbonyl (C=O) groups excluding carboxylic acids is 2. The van der Waals surface area contributed by atoms with Crippen molar-refractivity contribution in [2.45, 2.75) is 13.3 Å². The molecule has 0 fully saturated rings. The Hall–Kier alpha value is -2.96. The summed E-state index contributed by atoms with van der Waals surface area (Å²) in [6.07, 6.45) is 0.785. The van der Waals surface area contributed by atoms with Gasteiger partial charge in [0, 0.05) is 18.3 Å². The number of amides is 3. The minimum Gasteiger partial charge on any atom is -0.352 e. The van der Waals surface area contributed by atoms with Gasteiger partial charge in [-0.15, -0.1) is 0 Å². The van der Waals surface area contributed by atoms with Crippen molar-refractivity contribution in [3.63, 3.8) is 0 Å². The zero-order chi connectivity index (χ0) is 17.5. The summed E-state index contributed by atoms with van der Waals surface area (Å²) >= 11 is 0. The van der Waals surface area contributed by atoms with Crippen molar-refractivity contribution < 1.29 is 18.4 Å². The average Bonchev–Trinajstić information content (AvgIpc) is 2.52. The summed E-state index contributed by atoms with van der Waals surface area (Å²) in [7, 11) is 0. The molecular weight excluding hydrogens is 316 g/mol. The van der Waals surface area contributed by atoms with E-state index in [-0.39, 0.29) is 11.6 Å². The number of para-hydroxylation sites is 1. The molecule has 3 N–H and O–H groups in total. The molecule has 0 saturated carbocycles. The monoisotopic (exact) mass is 333 g/mol. The summed E-state index contributed by atoms with van der Waals surface area (Å²) in [5.74, 6) is -1.92. The van der Waals surface area contributed by atoms with E-state index in [9.17, 15) is 18.4 Å². The van der Waals surface area contributed by atoms with E-state index in [1.807, 2.05) is 6.92 Å². The number of hydrogen-bond acceptors (Lipinski definition) is 2. The molecule has 0 unspecified atom stereocenters. The van der Waals surface area contributed by atoms with Gasteiger partial charge in [-0.25, -0.2) is 13.6 Å². The molecule has 0 atom stereocenters. The van der Waals surface area contributed by atoms with Crippen LogP contribution in [0.15, 0.2) is 42.5 Å². The summed E-state index contributed by atoms with van der Waals surface area (Å²) in [5, 5.41) is 7.54. The third-order valence-electron chi connectivity index (χ3n) is 3.08. The van der Waals surface area contributed by atoms with Crippen molar-refractivity contribution in [2.24, 2.45) is 0 Å². The lowest BCUT2D eigenvalue weighted by atomic mass is 10.1. The highest BCUT2D eigenvalue weighted by atomic mass is 19.1. The molecule has 126 valence electrons. The summed E-state index contributed by atoms with van der Waals surface area (Å²) < 4.78 is 26.3. The Morgan fingerprint density at radius 2 is 1.67 bits per heavy atom. The molecule has 3 amide bonds. The molecule has 0 aliphatic heterocycles. The zero-order valence-electron chi connectivity index (χ0n) is 13.0. The lowest BCUT2D eigenvalue weighted by Crippen LogP contribution is -2.27. The Labute approximate surface area is 138 Å². The van der Waals surface area contributed by atoms with E-state index in [1.165, 1.54) is 0 Å². The number of urea groups is 1. The van der Waals surface area contributed by atoms with Crippen molar-refractivity contribution in [3.8, 4) is 0 Å². The van der Waals surface area contributed by atoms with E-state index < -0.39 is 17.7 Å². The van der Waals surface area contributed by atoms with Gasteiger partial charge in [0.05, 0.1) is 11.3 Å². The number of anilines is 2. The second kappa shape index (κ2) is 8.05. The van der Waals surface area contributed by atoms with Gasteiger partial charge in [0.1, 0.15) is 11.6 Å². The van der Waals surface area contributed by atoms with Gasteiger partial charge in [-0.05, 0) is 30.7 Å². The molecule has 0 spiro atoms. The van der Waals surface area contributed by atoms with Crippen LogP contribution in [0.1, 0.15) is 23.7 Å². The van der Waals surface area contributed by atoms with E-state index >= 15 is 0 Å². The van der Waals surface area contributed by atoms with Crippen LogP contribution in [0, 0.1) is 11.6 Å². The van der Waals surface area contributed by atoms with Crippen molar-refractivity contribution >= 4 is 23.3 Å². The highest BCUT2D eigenvalue weighted by Crippen LogP contribution is 2.17. The van der Waals surface area contributed by atoms with Gasteiger partial charge in [-0.2, -0.15) is 0 Å². The second-order valence-electron chi connectivity index (χ2n) is 5.04. The van der Waals surface area contributed by atoms with Crippen LogP contribution >= 0.6 is 0 Å². The van der Waals surface area contributed by atoms with Gasteiger partial charge in [-0.1, -0.05) is 19.1 Å². The molecule has 0 saturated heterocycles. The number of carbonyl (C=O) groups is 2. The van der Waals surface area contributed by atoms with Gasteiger partial charge in [0.25, 0.3) is 5.91 Å². The maximum Gasteiger partial charge on any atom is 0.323 e. The van der Waals surface area contributed by atoms with Crippen LogP contribution in [-0.2, 0) is 0 Å². The van der Waals surface area contributed by atoms with Crippen LogP contribution < -0.4 is 16.0 Å². The minimum atomic E-state index is -0.801. The van der Waals surface area contributed by atoms with Crippen LogP contribution in [-0.4, -0.2) is 18.5 Å². The van der Waals surface area contributed by atoms with Gasteiger partial charge in [0.15, 0.2) is 0 Å². The summed E-state index contributed by atoms with van der Waals surface area (Å²) in [6, 6.07) is 8.44. The molecule has 24 heavy (non-hydrogen) atoms. The molecule has 2 aromatic carbocycles. The van der Waals surface area contributed by atoms with Crippen LogP contribution in [0.5, 0.6) is 0 Å². The van der Waals surface area contributed by atoms with E-state index in [4.69, 9.17) is 0 Å². The maximum absolute atomic E-state index is 13.1. The highest BCUT2D eigenvalue weighted by Gasteiger charge is 2.13. The van der Waals surface area contributed by atoms with Gasteiger partial charge < -0.3 is 16.0 Å². The second-order valence-corrected chi connectivity index (χ2v) is 5.04. The predicted octanol–water partition coefficient (Wildman–Crippen LogP) is 3.75. The first kappa shape index (κ1) is 17.4. The largest absolute Gasteiger partial charge is 0.352 e. The Bertz CT molecular complexity index is 730. The Balaban J connectivity index is 2.10. The zero-order valence-corrected chi connectivity index (χ0v) is 13.0. The fraction of sp³-hybridized carbons (Fsp3) is 0.176. The van der Waals surface area contributed by atoms with Gasteiger partial charge in [0.2, 0.25) is 0 Å². The SMILES string of the molecule is CCCNC(=O)c1ccccc1NC(=O)Nc1cc(F)cc(F)c1. The summed E-state index contributed by atoms with van der Waals surface area (Å²) in [5.41, 5.74) is 0.560. The van der Waals surface area contributed by atoms with Crippen LogP contribution in [0.2, 0.25) is 0 Å². The van der Waals surface area contributed by atoms with Crippen LogP contribution in [0.3, 0.4) is 0 Å². The first-order chi connectivity index (χ1) is 11.5. The van der Waals surface area contributed by atoms with Crippen molar-refractivity contribution in [1.29, 1.82) is 0 Å². The number of rotatable bonds is 5. The fourth-order valence-corrected chi connectivity index (χ4v) is 2.03. The van der Waals surface area contributed by atoms with Crippen LogP contribution in [0.25, 0.3) is 0 Å². The van der Waals surface area contributed by atoms with Gasteiger partial charge in [-0.3, -0.25) is 4.79 Å². The number of hydrogen-bond donors (Lipinski definition) is 3. The topological polar surface area (TPSA) is 70.2 Å². The van der Waals surface area contributed by atoms with Gasteiger partial charge >= 0.3 is 6.03 Å². The molecule has 0 radical (unpaired) electrons. The van der Waals surface area contributed by atoms with Crippen LogP contribution in [0.4, 0.5) is 25.0 Å². The molecular formula is C17H17F2N3O2. The molecule has 0 aliphatic rings. The van der Waals surface area contributed by atoms with E-state index in [2.05, 4.69) is 16.0 Å². The summed E-state index contributed by atoms with van der Waals surface area (Å²) in [4.78, 5) is 24.1. The molecule has 0 heterocycles. The predicted molar refractivity (Wildman–Crippen MR) is 88.1 cm³/mol. The summed E-state index contributed by atoms with van der Waals surface area (Å²) in [6.45, 7) is 2.44. The lowest BCUT2D eigenvalue weighted by molar-refractivity contribution is 0.0954. The number of benzene rings is 2. The standard InChI is InChI=1S/C17H17F2N3O2/c1-2-7-20-16(23)14-5-3-4-6-15(14)22-17(24)21-13-9-11(18)8-12(19)10-13/h3-6,8-10H,2,7H2,1H3,(H,20,23)(H2,21,22,24). The molecule has 5 nitrogen and oxygen atoms in total. The Morgan fingerprint density at radius 3 is 2.33 bits per heavy atom. The third-order valence-corrected chi connectivity index (χ3v) is 3.08. The third kappa shape index (κ3) is 4.77. The average molecular weight is 333 g/mol. The smallest absolute Gasteiger partial charge is 0.323 e. The fourth-order valence-electron chi connectivity index (χ4n) is 2.03. The Morgan fingerprint density at radius 1 is 1.00 bits per heavy atom. The maximum atomic E-state index is 13.1. The minimum absolute atomic E-state index is 0.0297. The first-order valence-corrected chi connectivity index (χ1v) is 7.41. The van der Waals surface area contributed by atoms with Crippen molar-refractivity contribution in [3.05, 3.63) is 59.7 Å². The number of halogens is 2. The molecule has 2 aromatic rings.